The number of pyridine rings is 1. The van der Waals surface area contributed by atoms with Crippen molar-refractivity contribution in [3.8, 4) is 27.6 Å². The van der Waals surface area contributed by atoms with Crippen molar-refractivity contribution in [3.05, 3.63) is 48.7 Å². The van der Waals surface area contributed by atoms with Crippen LogP contribution in [0.4, 0.5) is 5.13 Å². The number of hydrogen-bond donors (Lipinski definition) is 1. The van der Waals surface area contributed by atoms with Crippen LogP contribution in [-0.4, -0.2) is 23.0 Å². The first-order valence-electron chi connectivity index (χ1n) is 7.01. The fourth-order valence-electron chi connectivity index (χ4n) is 2.14. The standard InChI is InChI=1S/C17H15N3O2S/c1-11(21)19-17-20-15(12-6-8-13(22-2)9-7-12)16(23-17)14-5-3-4-10-18-14/h3-10H,1-2H3,(H,19,20,21). The number of rotatable bonds is 4. The van der Waals surface area contributed by atoms with E-state index in [-0.39, 0.29) is 5.91 Å². The van der Waals surface area contributed by atoms with Crippen molar-refractivity contribution in [1.29, 1.82) is 0 Å². The van der Waals surface area contributed by atoms with Gasteiger partial charge in [0.05, 0.1) is 23.4 Å². The Bertz CT molecular complexity index is 814. The molecule has 0 spiro atoms. The summed E-state index contributed by atoms with van der Waals surface area (Å²) in [7, 11) is 1.63. The van der Waals surface area contributed by atoms with E-state index in [1.54, 1.807) is 13.3 Å². The van der Waals surface area contributed by atoms with Gasteiger partial charge in [-0.25, -0.2) is 4.98 Å². The molecule has 3 aromatic rings. The predicted octanol–water partition coefficient (Wildman–Crippen LogP) is 3.84. The number of amides is 1. The zero-order valence-corrected chi connectivity index (χ0v) is 13.6. The maximum atomic E-state index is 11.3. The molecule has 3 rings (SSSR count). The fraction of sp³-hybridized carbons (Fsp3) is 0.118. The highest BCUT2D eigenvalue weighted by atomic mass is 32.1. The molecular weight excluding hydrogens is 310 g/mol. The number of carbonyl (C=O) groups is 1. The van der Waals surface area contributed by atoms with Crippen LogP contribution in [0.3, 0.4) is 0 Å². The molecule has 1 amide bonds. The highest BCUT2D eigenvalue weighted by Gasteiger charge is 2.16. The second-order valence-corrected chi connectivity index (χ2v) is 5.82. The minimum Gasteiger partial charge on any atom is -0.497 e. The van der Waals surface area contributed by atoms with Crippen LogP contribution in [0.1, 0.15) is 6.92 Å². The lowest BCUT2D eigenvalue weighted by atomic mass is 10.1. The first-order valence-corrected chi connectivity index (χ1v) is 7.83. The number of nitrogens with zero attached hydrogens (tertiary/aromatic N) is 2. The fourth-order valence-corrected chi connectivity index (χ4v) is 3.15. The quantitative estimate of drug-likeness (QED) is 0.791. The Balaban J connectivity index is 2.09. The monoisotopic (exact) mass is 325 g/mol. The van der Waals surface area contributed by atoms with Gasteiger partial charge in [0.2, 0.25) is 5.91 Å². The lowest BCUT2D eigenvalue weighted by Gasteiger charge is -2.03. The molecule has 0 aliphatic rings. The van der Waals surface area contributed by atoms with Crippen LogP contribution in [-0.2, 0) is 4.79 Å². The molecule has 0 atom stereocenters. The molecule has 23 heavy (non-hydrogen) atoms. The van der Waals surface area contributed by atoms with E-state index in [0.29, 0.717) is 5.13 Å². The van der Waals surface area contributed by atoms with E-state index in [2.05, 4.69) is 15.3 Å². The Morgan fingerprint density at radius 2 is 1.96 bits per heavy atom. The van der Waals surface area contributed by atoms with E-state index in [1.807, 2.05) is 42.5 Å². The zero-order valence-electron chi connectivity index (χ0n) is 12.7. The summed E-state index contributed by atoms with van der Waals surface area (Å²) in [6.07, 6.45) is 1.74. The van der Waals surface area contributed by atoms with E-state index in [1.165, 1.54) is 18.3 Å². The van der Waals surface area contributed by atoms with Gasteiger partial charge in [0.1, 0.15) is 5.75 Å². The molecule has 2 aromatic heterocycles. The molecule has 1 aromatic carbocycles. The molecule has 0 saturated heterocycles. The number of methoxy groups -OCH3 is 1. The maximum Gasteiger partial charge on any atom is 0.223 e. The van der Waals surface area contributed by atoms with E-state index in [9.17, 15) is 4.79 Å². The van der Waals surface area contributed by atoms with Crippen molar-refractivity contribution in [2.24, 2.45) is 0 Å². The molecule has 116 valence electrons. The summed E-state index contributed by atoms with van der Waals surface area (Å²) in [5.74, 6) is 0.637. The third kappa shape index (κ3) is 3.37. The average molecular weight is 325 g/mol. The lowest BCUT2D eigenvalue weighted by molar-refractivity contribution is -0.114. The van der Waals surface area contributed by atoms with Gasteiger partial charge >= 0.3 is 0 Å². The molecule has 6 heteroatoms. The number of hydrogen-bond acceptors (Lipinski definition) is 5. The Labute approximate surface area is 138 Å². The van der Waals surface area contributed by atoms with Crippen molar-refractivity contribution in [3.63, 3.8) is 0 Å². The smallest absolute Gasteiger partial charge is 0.223 e. The van der Waals surface area contributed by atoms with Gasteiger partial charge in [-0.15, -0.1) is 0 Å². The third-order valence-corrected chi connectivity index (χ3v) is 4.16. The highest BCUT2D eigenvalue weighted by Crippen LogP contribution is 2.38. The lowest BCUT2D eigenvalue weighted by Crippen LogP contribution is -2.04. The minimum absolute atomic E-state index is 0.146. The van der Waals surface area contributed by atoms with E-state index >= 15 is 0 Å². The topological polar surface area (TPSA) is 64.1 Å². The Morgan fingerprint density at radius 1 is 1.17 bits per heavy atom. The van der Waals surface area contributed by atoms with Crippen molar-refractivity contribution in [1.82, 2.24) is 9.97 Å². The number of ether oxygens (including phenoxy) is 1. The van der Waals surface area contributed by atoms with Gasteiger partial charge in [0.15, 0.2) is 5.13 Å². The summed E-state index contributed by atoms with van der Waals surface area (Å²) in [6.45, 7) is 1.47. The Kier molecular flexibility index (Phi) is 4.34. The van der Waals surface area contributed by atoms with E-state index in [4.69, 9.17) is 4.74 Å². The van der Waals surface area contributed by atoms with Gasteiger partial charge in [-0.2, -0.15) is 0 Å². The largest absolute Gasteiger partial charge is 0.497 e. The van der Waals surface area contributed by atoms with Gasteiger partial charge in [-0.05, 0) is 36.4 Å². The number of carbonyl (C=O) groups excluding carboxylic acids is 1. The summed E-state index contributed by atoms with van der Waals surface area (Å²) >= 11 is 1.41. The number of aromatic nitrogens is 2. The van der Waals surface area contributed by atoms with Gasteiger partial charge < -0.3 is 10.1 Å². The maximum absolute atomic E-state index is 11.3. The Morgan fingerprint density at radius 3 is 2.57 bits per heavy atom. The van der Waals surface area contributed by atoms with Crippen LogP contribution < -0.4 is 10.1 Å². The molecule has 0 saturated carbocycles. The summed E-state index contributed by atoms with van der Waals surface area (Å²) < 4.78 is 5.19. The van der Waals surface area contributed by atoms with Crippen LogP contribution in [0.15, 0.2) is 48.7 Å². The molecule has 0 unspecified atom stereocenters. The van der Waals surface area contributed by atoms with Crippen molar-refractivity contribution < 1.29 is 9.53 Å². The number of thiazole rings is 1. The summed E-state index contributed by atoms with van der Waals surface area (Å²) in [6, 6.07) is 13.4. The number of nitrogens with one attached hydrogen (secondary N) is 1. The number of anilines is 1. The molecule has 0 fully saturated rings. The van der Waals surface area contributed by atoms with Gasteiger partial charge in [-0.1, -0.05) is 17.4 Å². The summed E-state index contributed by atoms with van der Waals surface area (Å²) in [4.78, 5) is 21.2. The van der Waals surface area contributed by atoms with E-state index < -0.39 is 0 Å². The summed E-state index contributed by atoms with van der Waals surface area (Å²) in [5.41, 5.74) is 2.56. The molecule has 1 N–H and O–H groups in total. The van der Waals surface area contributed by atoms with Crippen LogP contribution >= 0.6 is 11.3 Å². The minimum atomic E-state index is -0.146. The van der Waals surface area contributed by atoms with Gasteiger partial charge in [-0.3, -0.25) is 9.78 Å². The molecule has 0 radical (unpaired) electrons. The average Bonchev–Trinajstić information content (AvgIpc) is 2.99. The van der Waals surface area contributed by atoms with E-state index in [0.717, 1.165) is 27.6 Å². The molecule has 0 bridgehead atoms. The SMILES string of the molecule is COc1ccc(-c2nc(NC(C)=O)sc2-c2ccccn2)cc1. The van der Waals surface area contributed by atoms with Crippen molar-refractivity contribution >= 4 is 22.4 Å². The first-order chi connectivity index (χ1) is 11.2. The second-order valence-electron chi connectivity index (χ2n) is 4.82. The van der Waals surface area contributed by atoms with Gasteiger partial charge in [0.25, 0.3) is 0 Å². The first kappa shape index (κ1) is 15.2. The van der Waals surface area contributed by atoms with Crippen LogP contribution in [0, 0.1) is 0 Å². The molecule has 0 aliphatic carbocycles. The van der Waals surface area contributed by atoms with Crippen LogP contribution in [0.25, 0.3) is 21.8 Å². The third-order valence-electron chi connectivity index (χ3n) is 3.17. The second kappa shape index (κ2) is 6.58. The summed E-state index contributed by atoms with van der Waals surface area (Å²) in [5, 5.41) is 3.30. The Hall–Kier alpha value is -2.73. The normalized spacial score (nSPS) is 10.3. The molecular formula is C17H15N3O2S. The zero-order chi connectivity index (χ0) is 16.2. The number of benzene rings is 1. The molecule has 2 heterocycles. The van der Waals surface area contributed by atoms with Gasteiger partial charge in [0, 0.05) is 18.7 Å². The molecule has 5 nitrogen and oxygen atoms in total. The van der Waals surface area contributed by atoms with Crippen LogP contribution in [0.2, 0.25) is 0 Å². The molecule has 0 aliphatic heterocycles. The highest BCUT2D eigenvalue weighted by molar-refractivity contribution is 7.19. The predicted molar refractivity (Wildman–Crippen MR) is 91.6 cm³/mol. The van der Waals surface area contributed by atoms with Crippen LogP contribution in [0.5, 0.6) is 5.75 Å². The van der Waals surface area contributed by atoms with Crippen molar-refractivity contribution in [2.75, 3.05) is 12.4 Å². The van der Waals surface area contributed by atoms with Crippen molar-refractivity contribution in [2.45, 2.75) is 6.92 Å².